The Morgan fingerprint density at radius 1 is 1.44 bits per heavy atom. The topological polar surface area (TPSA) is 32.3 Å². The van der Waals surface area contributed by atoms with Crippen molar-refractivity contribution in [3.05, 3.63) is 25.3 Å². The third-order valence-electron chi connectivity index (χ3n) is 2.92. The van der Waals surface area contributed by atoms with E-state index in [0.717, 1.165) is 13.1 Å². The Morgan fingerprint density at radius 2 is 1.94 bits per heavy atom. The minimum Gasteiger partial charge on any atom is -0.335 e. The molecule has 0 aliphatic carbocycles. The number of halogens is 1. The van der Waals surface area contributed by atoms with Crippen LogP contribution in [0.15, 0.2) is 25.3 Å². The third-order valence-corrected chi connectivity index (χ3v) is 2.92. The summed E-state index contributed by atoms with van der Waals surface area (Å²) in [7, 11) is 0. The van der Waals surface area contributed by atoms with E-state index in [9.17, 15) is 4.79 Å². The maximum atomic E-state index is 12.1. The van der Waals surface area contributed by atoms with Gasteiger partial charge in [0.25, 0.3) is 0 Å². The standard InChI is InChI=1S/C12H20N2O.ClH/c1-4-6-14(7-5-2)12(15)10(3)11-8-13-9-11;/h4-5,10-11,13H,1-2,6-9H2,3H3;1H. The van der Waals surface area contributed by atoms with Crippen LogP contribution in [0, 0.1) is 11.8 Å². The second-order valence-electron chi connectivity index (χ2n) is 4.03. The first-order valence-electron chi connectivity index (χ1n) is 5.42. The number of hydrogen-bond acceptors (Lipinski definition) is 2. The molecule has 1 heterocycles. The maximum absolute atomic E-state index is 12.1. The molecule has 0 saturated carbocycles. The molecule has 1 aliphatic rings. The molecule has 3 nitrogen and oxygen atoms in total. The predicted octanol–water partition coefficient (Wildman–Crippen LogP) is 1.46. The molecule has 1 N–H and O–H groups in total. The zero-order chi connectivity index (χ0) is 11.3. The van der Waals surface area contributed by atoms with E-state index in [2.05, 4.69) is 18.5 Å². The van der Waals surface area contributed by atoms with Gasteiger partial charge in [0, 0.05) is 19.0 Å². The van der Waals surface area contributed by atoms with Gasteiger partial charge in [0.15, 0.2) is 0 Å². The molecular weight excluding hydrogens is 224 g/mol. The van der Waals surface area contributed by atoms with Gasteiger partial charge in [-0.3, -0.25) is 4.79 Å². The van der Waals surface area contributed by atoms with Gasteiger partial charge in [-0.05, 0) is 19.0 Å². The average molecular weight is 245 g/mol. The quantitative estimate of drug-likeness (QED) is 0.718. The fraction of sp³-hybridized carbons (Fsp3) is 0.583. The second kappa shape index (κ2) is 7.47. The largest absolute Gasteiger partial charge is 0.335 e. The second-order valence-corrected chi connectivity index (χ2v) is 4.03. The molecule has 0 aromatic rings. The Kier molecular flexibility index (Phi) is 7.10. The number of carbonyl (C=O) groups is 1. The SMILES string of the molecule is C=CCN(CC=C)C(=O)C(C)C1CNC1.Cl. The lowest BCUT2D eigenvalue weighted by Crippen LogP contribution is -2.50. The van der Waals surface area contributed by atoms with E-state index >= 15 is 0 Å². The molecule has 1 rings (SSSR count). The zero-order valence-electron chi connectivity index (χ0n) is 9.82. The average Bonchev–Trinajstić information content (AvgIpc) is 2.13. The molecule has 0 aromatic carbocycles. The number of carbonyl (C=O) groups excluding carboxylic acids is 1. The Balaban J connectivity index is 0.00000225. The van der Waals surface area contributed by atoms with Crippen molar-refractivity contribution in [3.63, 3.8) is 0 Å². The molecule has 0 radical (unpaired) electrons. The van der Waals surface area contributed by atoms with Crippen LogP contribution in [-0.2, 0) is 4.79 Å². The molecule has 0 spiro atoms. The highest BCUT2D eigenvalue weighted by Gasteiger charge is 2.30. The predicted molar refractivity (Wildman–Crippen MR) is 69.7 cm³/mol. The first-order valence-corrected chi connectivity index (χ1v) is 5.42. The zero-order valence-corrected chi connectivity index (χ0v) is 10.6. The number of rotatable bonds is 6. The van der Waals surface area contributed by atoms with Crippen LogP contribution in [0.5, 0.6) is 0 Å². The summed E-state index contributed by atoms with van der Waals surface area (Å²) in [6.07, 6.45) is 3.51. The highest BCUT2D eigenvalue weighted by Crippen LogP contribution is 2.18. The molecule has 1 saturated heterocycles. The summed E-state index contributed by atoms with van der Waals surface area (Å²) in [5.74, 6) is 0.807. The van der Waals surface area contributed by atoms with Crippen molar-refractivity contribution in [2.24, 2.45) is 11.8 Å². The van der Waals surface area contributed by atoms with Crippen LogP contribution in [-0.4, -0.2) is 37.0 Å². The smallest absolute Gasteiger partial charge is 0.226 e. The van der Waals surface area contributed by atoms with Gasteiger partial charge >= 0.3 is 0 Å². The molecule has 1 aliphatic heterocycles. The summed E-state index contributed by atoms with van der Waals surface area (Å²) in [4.78, 5) is 13.9. The minimum atomic E-state index is 0. The molecule has 1 fully saturated rings. The molecular formula is C12H21ClN2O. The van der Waals surface area contributed by atoms with Gasteiger partial charge in [-0.1, -0.05) is 19.1 Å². The van der Waals surface area contributed by atoms with Crippen molar-refractivity contribution in [2.45, 2.75) is 6.92 Å². The summed E-state index contributed by atoms with van der Waals surface area (Å²) in [6.45, 7) is 12.5. The first kappa shape index (κ1) is 15.2. The van der Waals surface area contributed by atoms with Crippen LogP contribution in [0.25, 0.3) is 0 Å². The third kappa shape index (κ3) is 3.65. The monoisotopic (exact) mass is 244 g/mol. The van der Waals surface area contributed by atoms with Crippen LogP contribution < -0.4 is 5.32 Å². The summed E-state index contributed by atoms with van der Waals surface area (Å²) >= 11 is 0. The van der Waals surface area contributed by atoms with Crippen LogP contribution >= 0.6 is 12.4 Å². The van der Waals surface area contributed by atoms with Gasteiger partial charge in [0.2, 0.25) is 5.91 Å². The number of nitrogens with one attached hydrogen (secondary N) is 1. The number of nitrogens with zero attached hydrogens (tertiary/aromatic N) is 1. The van der Waals surface area contributed by atoms with E-state index in [1.54, 1.807) is 17.1 Å². The van der Waals surface area contributed by atoms with E-state index < -0.39 is 0 Å². The molecule has 1 amide bonds. The fourth-order valence-electron chi connectivity index (χ4n) is 1.72. The van der Waals surface area contributed by atoms with E-state index in [0.29, 0.717) is 19.0 Å². The maximum Gasteiger partial charge on any atom is 0.226 e. The highest BCUT2D eigenvalue weighted by molar-refractivity contribution is 5.85. The Bertz CT molecular complexity index is 241. The van der Waals surface area contributed by atoms with Crippen LogP contribution in [0.4, 0.5) is 0 Å². The normalized spacial score (nSPS) is 16.6. The number of amides is 1. The molecule has 16 heavy (non-hydrogen) atoms. The van der Waals surface area contributed by atoms with Crippen LogP contribution in [0.2, 0.25) is 0 Å². The summed E-state index contributed by atoms with van der Waals surface area (Å²) < 4.78 is 0. The van der Waals surface area contributed by atoms with E-state index in [-0.39, 0.29) is 24.2 Å². The van der Waals surface area contributed by atoms with Crippen LogP contribution in [0.3, 0.4) is 0 Å². The highest BCUT2D eigenvalue weighted by atomic mass is 35.5. The van der Waals surface area contributed by atoms with Crippen molar-refractivity contribution in [2.75, 3.05) is 26.2 Å². The van der Waals surface area contributed by atoms with Crippen molar-refractivity contribution in [1.29, 1.82) is 0 Å². The molecule has 4 heteroatoms. The lowest BCUT2D eigenvalue weighted by molar-refractivity contribution is -0.136. The van der Waals surface area contributed by atoms with Crippen LogP contribution in [0.1, 0.15) is 6.92 Å². The lowest BCUT2D eigenvalue weighted by Gasteiger charge is -2.34. The number of hydrogen-bond donors (Lipinski definition) is 1. The van der Waals surface area contributed by atoms with E-state index in [4.69, 9.17) is 0 Å². The molecule has 1 unspecified atom stereocenters. The summed E-state index contributed by atoms with van der Waals surface area (Å²) in [6, 6.07) is 0. The first-order chi connectivity index (χ1) is 7.20. The summed E-state index contributed by atoms with van der Waals surface area (Å²) in [5.41, 5.74) is 0. The van der Waals surface area contributed by atoms with Gasteiger partial charge in [-0.25, -0.2) is 0 Å². The molecule has 1 atom stereocenters. The Morgan fingerprint density at radius 3 is 2.25 bits per heavy atom. The van der Waals surface area contributed by atoms with E-state index in [1.165, 1.54) is 0 Å². The van der Waals surface area contributed by atoms with Crippen molar-refractivity contribution in [3.8, 4) is 0 Å². The van der Waals surface area contributed by atoms with Gasteiger partial charge < -0.3 is 10.2 Å². The van der Waals surface area contributed by atoms with Gasteiger partial charge in [0.1, 0.15) is 0 Å². The van der Waals surface area contributed by atoms with Crippen molar-refractivity contribution in [1.82, 2.24) is 10.2 Å². The molecule has 0 bridgehead atoms. The van der Waals surface area contributed by atoms with E-state index in [1.807, 2.05) is 6.92 Å². The fourth-order valence-corrected chi connectivity index (χ4v) is 1.72. The lowest BCUT2D eigenvalue weighted by atomic mass is 9.88. The van der Waals surface area contributed by atoms with Crippen molar-refractivity contribution >= 4 is 18.3 Å². The Hall–Kier alpha value is -0.800. The van der Waals surface area contributed by atoms with Gasteiger partial charge in [-0.2, -0.15) is 0 Å². The molecule has 92 valence electrons. The van der Waals surface area contributed by atoms with Gasteiger partial charge in [0.05, 0.1) is 0 Å². The minimum absolute atomic E-state index is 0. The van der Waals surface area contributed by atoms with Crippen molar-refractivity contribution < 1.29 is 4.79 Å². The Labute approximate surface area is 104 Å². The molecule has 0 aromatic heterocycles. The summed E-state index contributed by atoms with van der Waals surface area (Å²) in [5, 5.41) is 3.19. The van der Waals surface area contributed by atoms with Gasteiger partial charge in [-0.15, -0.1) is 25.6 Å².